The third-order valence-corrected chi connectivity index (χ3v) is 7.91. The fraction of sp³-hybridized carbons (Fsp3) is 0.524. The van der Waals surface area contributed by atoms with Crippen molar-refractivity contribution < 1.29 is 27.2 Å². The van der Waals surface area contributed by atoms with Crippen molar-refractivity contribution >= 4 is 33.5 Å². The van der Waals surface area contributed by atoms with Crippen molar-refractivity contribution in [3.8, 4) is 11.6 Å². The van der Waals surface area contributed by atoms with Gasteiger partial charge in [-0.25, -0.2) is 23.2 Å². The van der Waals surface area contributed by atoms with Gasteiger partial charge in [0.1, 0.15) is 10.6 Å². The van der Waals surface area contributed by atoms with Crippen LogP contribution in [0.25, 0.3) is 11.6 Å². The van der Waals surface area contributed by atoms with Gasteiger partial charge in [-0.3, -0.25) is 4.79 Å². The molecule has 2 atom stereocenters. The topological polar surface area (TPSA) is 120 Å². The number of carbonyl (C=O) groups is 2. The molecule has 174 valence electrons. The van der Waals surface area contributed by atoms with Crippen LogP contribution < -0.4 is 0 Å². The van der Waals surface area contributed by atoms with Crippen molar-refractivity contribution in [3.05, 3.63) is 29.7 Å². The Hall–Kier alpha value is -2.40. The molecule has 3 heterocycles. The minimum Gasteiger partial charge on any atom is -0.461 e. The monoisotopic (exact) mass is 481 g/mol. The Balaban J connectivity index is 1.76. The Bertz CT molecular complexity index is 1090. The SMILES string of the molecule is CCC(C)N(C(=O)COC(=O)c1c(C)nc(-c2ccco2)nc1SC)C1CCS(=O)(=O)C1. The number of sulfone groups is 1. The number of furan rings is 1. The van der Waals surface area contributed by atoms with Gasteiger partial charge in [-0.2, -0.15) is 0 Å². The van der Waals surface area contributed by atoms with Crippen LogP contribution in [0.15, 0.2) is 27.8 Å². The molecule has 2 unspecified atom stereocenters. The molecule has 11 heteroatoms. The predicted octanol–water partition coefficient (Wildman–Crippen LogP) is 2.74. The number of rotatable bonds is 8. The summed E-state index contributed by atoms with van der Waals surface area (Å²) in [6.45, 7) is 4.97. The van der Waals surface area contributed by atoms with E-state index >= 15 is 0 Å². The van der Waals surface area contributed by atoms with Gasteiger partial charge < -0.3 is 14.1 Å². The van der Waals surface area contributed by atoms with E-state index in [1.54, 1.807) is 30.2 Å². The standard InChI is InChI=1S/C21H27N3O6S2/c1-5-13(2)24(15-8-10-32(27,28)12-15)17(25)11-30-21(26)18-14(3)22-19(23-20(18)31-4)16-7-6-9-29-16/h6-7,9,13,15H,5,8,10-12H2,1-4H3. The van der Waals surface area contributed by atoms with Crippen molar-refractivity contribution in [1.29, 1.82) is 0 Å². The van der Waals surface area contributed by atoms with Gasteiger partial charge in [-0.05, 0) is 45.1 Å². The minimum atomic E-state index is -3.16. The van der Waals surface area contributed by atoms with Gasteiger partial charge in [0.05, 0.1) is 23.5 Å². The maximum atomic E-state index is 12.9. The van der Waals surface area contributed by atoms with Crippen molar-refractivity contribution in [3.63, 3.8) is 0 Å². The van der Waals surface area contributed by atoms with Crippen LogP contribution in [0.3, 0.4) is 0 Å². The lowest BCUT2D eigenvalue weighted by molar-refractivity contribution is -0.138. The smallest absolute Gasteiger partial charge is 0.343 e. The van der Waals surface area contributed by atoms with E-state index in [4.69, 9.17) is 9.15 Å². The molecule has 0 spiro atoms. The van der Waals surface area contributed by atoms with Crippen molar-refractivity contribution in [2.24, 2.45) is 0 Å². The third kappa shape index (κ3) is 5.32. The highest BCUT2D eigenvalue weighted by Crippen LogP contribution is 2.26. The van der Waals surface area contributed by atoms with E-state index in [9.17, 15) is 18.0 Å². The Morgan fingerprint density at radius 2 is 2.12 bits per heavy atom. The van der Waals surface area contributed by atoms with Gasteiger partial charge in [0.25, 0.3) is 5.91 Å². The molecule has 3 rings (SSSR count). The molecule has 1 aliphatic heterocycles. The quantitative estimate of drug-likeness (QED) is 0.318. The highest BCUT2D eigenvalue weighted by molar-refractivity contribution is 7.98. The summed E-state index contributed by atoms with van der Waals surface area (Å²) in [5, 5.41) is 0.419. The van der Waals surface area contributed by atoms with Crippen LogP contribution in [0, 0.1) is 6.92 Å². The number of thioether (sulfide) groups is 1. The zero-order valence-electron chi connectivity index (χ0n) is 18.5. The second-order valence-electron chi connectivity index (χ2n) is 7.69. The van der Waals surface area contributed by atoms with E-state index in [1.165, 1.54) is 18.0 Å². The Morgan fingerprint density at radius 1 is 1.38 bits per heavy atom. The van der Waals surface area contributed by atoms with E-state index < -0.39 is 34.4 Å². The minimum absolute atomic E-state index is 0.0607. The fourth-order valence-electron chi connectivity index (χ4n) is 3.72. The number of aromatic nitrogens is 2. The molecule has 0 aliphatic carbocycles. The number of hydrogen-bond donors (Lipinski definition) is 0. The molecule has 2 aromatic rings. The molecule has 0 N–H and O–H groups in total. The normalized spacial score (nSPS) is 18.3. The lowest BCUT2D eigenvalue weighted by Crippen LogP contribution is -2.48. The molecule has 0 aromatic carbocycles. The summed E-state index contributed by atoms with van der Waals surface area (Å²) >= 11 is 1.26. The molecule has 1 fully saturated rings. The van der Waals surface area contributed by atoms with Crippen LogP contribution in [-0.4, -0.2) is 71.6 Å². The molecule has 9 nitrogen and oxygen atoms in total. The summed E-state index contributed by atoms with van der Waals surface area (Å²) in [5.74, 6) is -0.271. The summed E-state index contributed by atoms with van der Waals surface area (Å²) in [4.78, 5) is 36.1. The summed E-state index contributed by atoms with van der Waals surface area (Å²) in [6.07, 6.45) is 4.35. The van der Waals surface area contributed by atoms with Crippen molar-refractivity contribution in [2.75, 3.05) is 24.4 Å². The van der Waals surface area contributed by atoms with E-state index in [1.807, 2.05) is 13.8 Å². The maximum absolute atomic E-state index is 12.9. The molecule has 0 saturated carbocycles. The zero-order chi connectivity index (χ0) is 23.5. The van der Waals surface area contributed by atoms with Gasteiger partial charge >= 0.3 is 5.97 Å². The van der Waals surface area contributed by atoms with Crippen LogP contribution in [0.5, 0.6) is 0 Å². The number of ether oxygens (including phenoxy) is 1. The van der Waals surface area contributed by atoms with E-state index in [0.717, 1.165) is 0 Å². The molecule has 1 amide bonds. The van der Waals surface area contributed by atoms with Crippen LogP contribution in [0.4, 0.5) is 0 Å². The van der Waals surface area contributed by atoms with Crippen molar-refractivity contribution in [2.45, 2.75) is 50.7 Å². The Labute approximate surface area is 191 Å². The highest BCUT2D eigenvalue weighted by atomic mass is 32.2. The number of amides is 1. The molecular weight excluding hydrogens is 454 g/mol. The summed E-state index contributed by atoms with van der Waals surface area (Å²) in [6, 6.07) is 2.88. The molecule has 2 aromatic heterocycles. The van der Waals surface area contributed by atoms with Gasteiger partial charge in [0, 0.05) is 12.1 Å². The number of aryl methyl sites for hydroxylation is 1. The Kier molecular flexibility index (Phi) is 7.60. The molecule has 0 bridgehead atoms. The molecule has 1 saturated heterocycles. The number of hydrogen-bond acceptors (Lipinski definition) is 9. The van der Waals surface area contributed by atoms with E-state index in [0.29, 0.717) is 35.1 Å². The summed E-state index contributed by atoms with van der Waals surface area (Å²) in [7, 11) is -3.16. The first kappa shape index (κ1) is 24.2. The molecular formula is C21H27N3O6S2. The summed E-state index contributed by atoms with van der Waals surface area (Å²) in [5.41, 5.74) is 0.605. The lowest BCUT2D eigenvalue weighted by Gasteiger charge is -2.33. The fourth-order valence-corrected chi connectivity index (χ4v) is 6.04. The first-order valence-electron chi connectivity index (χ1n) is 10.3. The first-order chi connectivity index (χ1) is 15.2. The molecule has 0 radical (unpaired) electrons. The first-order valence-corrected chi connectivity index (χ1v) is 13.4. The third-order valence-electron chi connectivity index (χ3n) is 5.48. The Morgan fingerprint density at radius 3 is 2.69 bits per heavy atom. The molecule has 32 heavy (non-hydrogen) atoms. The number of esters is 1. The van der Waals surface area contributed by atoms with Gasteiger partial charge in [-0.15, -0.1) is 11.8 Å². The lowest BCUT2D eigenvalue weighted by atomic mass is 10.1. The highest BCUT2D eigenvalue weighted by Gasteiger charge is 2.37. The van der Waals surface area contributed by atoms with Crippen LogP contribution >= 0.6 is 11.8 Å². The van der Waals surface area contributed by atoms with Gasteiger partial charge in [-0.1, -0.05) is 6.92 Å². The van der Waals surface area contributed by atoms with Crippen LogP contribution in [0.2, 0.25) is 0 Å². The molecule has 1 aliphatic rings. The predicted molar refractivity (Wildman–Crippen MR) is 120 cm³/mol. The van der Waals surface area contributed by atoms with Crippen LogP contribution in [-0.2, 0) is 19.4 Å². The van der Waals surface area contributed by atoms with Crippen molar-refractivity contribution in [1.82, 2.24) is 14.9 Å². The number of carbonyl (C=O) groups excluding carboxylic acids is 2. The number of nitrogens with zero attached hydrogens (tertiary/aromatic N) is 3. The average Bonchev–Trinajstić information content (AvgIpc) is 3.41. The second-order valence-corrected chi connectivity index (χ2v) is 10.7. The second kappa shape index (κ2) is 10.0. The van der Waals surface area contributed by atoms with E-state index in [-0.39, 0.29) is 23.1 Å². The largest absolute Gasteiger partial charge is 0.461 e. The van der Waals surface area contributed by atoms with Gasteiger partial charge in [0.2, 0.25) is 0 Å². The van der Waals surface area contributed by atoms with Gasteiger partial charge in [0.15, 0.2) is 28.0 Å². The average molecular weight is 482 g/mol. The van der Waals surface area contributed by atoms with E-state index in [2.05, 4.69) is 9.97 Å². The zero-order valence-corrected chi connectivity index (χ0v) is 20.2. The summed E-state index contributed by atoms with van der Waals surface area (Å²) < 4.78 is 34.5. The van der Waals surface area contributed by atoms with Crippen LogP contribution in [0.1, 0.15) is 42.7 Å². The maximum Gasteiger partial charge on any atom is 0.343 e.